The maximum atomic E-state index is 12.4. The van der Waals surface area contributed by atoms with E-state index in [1.54, 1.807) is 19.2 Å². The predicted octanol–water partition coefficient (Wildman–Crippen LogP) is 2.51. The molecule has 0 saturated carbocycles. The minimum absolute atomic E-state index is 0.146. The number of carboxylic acid groups (broad SMARTS) is 1. The molecule has 0 spiro atoms. The second kappa shape index (κ2) is 4.95. The lowest BCUT2D eigenvalue weighted by Gasteiger charge is -2.09. The Balaban J connectivity index is 2.69. The number of amides is 1. The number of alkyl halides is 3. The molecule has 0 bridgehead atoms. The quantitative estimate of drug-likeness (QED) is 0.887. The highest BCUT2D eigenvalue weighted by atomic mass is 32.1. The minimum atomic E-state index is -5.12. The highest BCUT2D eigenvalue weighted by molar-refractivity contribution is 7.21. The number of nitrogens with zero attached hydrogens (tertiary/aromatic N) is 2. The maximum Gasteiger partial charge on any atom is 0.471 e. The largest absolute Gasteiger partial charge is 0.477 e. The van der Waals surface area contributed by atoms with Crippen LogP contribution in [0.4, 0.5) is 18.9 Å². The summed E-state index contributed by atoms with van der Waals surface area (Å²) < 4.78 is 37.1. The summed E-state index contributed by atoms with van der Waals surface area (Å²) in [5, 5.41) is 18.4. The van der Waals surface area contributed by atoms with E-state index in [9.17, 15) is 22.8 Å². The summed E-state index contributed by atoms with van der Waals surface area (Å²) >= 11 is 0.652. The lowest BCUT2D eigenvalue weighted by Crippen LogP contribution is -2.30. The van der Waals surface area contributed by atoms with Crippen molar-refractivity contribution in [1.29, 1.82) is 0 Å². The SMILES string of the molecule is Cc1nnc2sc(C(=O)O)c(NC(=O)C(F)(F)F)c2c1C. The van der Waals surface area contributed by atoms with Gasteiger partial charge in [0.2, 0.25) is 0 Å². The number of carboxylic acids is 1. The van der Waals surface area contributed by atoms with Gasteiger partial charge in [-0.1, -0.05) is 0 Å². The van der Waals surface area contributed by atoms with Gasteiger partial charge in [0.1, 0.15) is 9.71 Å². The molecule has 0 unspecified atom stereocenters. The van der Waals surface area contributed by atoms with Crippen LogP contribution in [-0.4, -0.2) is 33.4 Å². The van der Waals surface area contributed by atoms with Crippen LogP contribution in [0.3, 0.4) is 0 Å². The fourth-order valence-corrected chi connectivity index (χ4v) is 2.64. The van der Waals surface area contributed by atoms with Crippen molar-refractivity contribution in [2.45, 2.75) is 20.0 Å². The van der Waals surface area contributed by atoms with Crippen LogP contribution in [0.1, 0.15) is 20.9 Å². The third kappa shape index (κ3) is 2.66. The normalized spacial score (nSPS) is 11.7. The summed E-state index contributed by atoms with van der Waals surface area (Å²) in [5.41, 5.74) is 0.487. The third-order valence-electron chi connectivity index (χ3n) is 2.79. The molecule has 0 atom stereocenters. The van der Waals surface area contributed by atoms with E-state index in [0.717, 1.165) is 0 Å². The number of aromatic nitrogens is 2. The van der Waals surface area contributed by atoms with E-state index in [1.165, 1.54) is 0 Å². The Morgan fingerprint density at radius 2 is 1.86 bits per heavy atom. The first kappa shape index (κ1) is 15.2. The molecule has 0 saturated heterocycles. The number of hydrogen-bond acceptors (Lipinski definition) is 5. The highest BCUT2D eigenvalue weighted by Gasteiger charge is 2.40. The summed E-state index contributed by atoms with van der Waals surface area (Å²) in [4.78, 5) is 22.0. The van der Waals surface area contributed by atoms with Crippen molar-refractivity contribution in [2.75, 3.05) is 5.32 Å². The first-order chi connectivity index (χ1) is 9.62. The van der Waals surface area contributed by atoms with E-state index in [1.807, 2.05) is 0 Å². The Bertz CT molecular complexity index is 754. The lowest BCUT2D eigenvalue weighted by atomic mass is 10.1. The number of fused-ring (bicyclic) bond motifs is 1. The van der Waals surface area contributed by atoms with Crippen LogP contribution in [0, 0.1) is 13.8 Å². The monoisotopic (exact) mass is 319 g/mol. The van der Waals surface area contributed by atoms with Gasteiger partial charge in [-0.15, -0.1) is 16.4 Å². The summed E-state index contributed by atoms with van der Waals surface area (Å²) in [6.07, 6.45) is -5.12. The molecular weight excluding hydrogens is 311 g/mol. The number of nitrogens with one attached hydrogen (secondary N) is 1. The zero-order valence-corrected chi connectivity index (χ0v) is 11.5. The number of aromatic carboxylic acids is 1. The van der Waals surface area contributed by atoms with E-state index < -0.39 is 28.6 Å². The Hall–Kier alpha value is -2.23. The van der Waals surface area contributed by atoms with Crippen LogP contribution < -0.4 is 5.32 Å². The van der Waals surface area contributed by atoms with Crippen molar-refractivity contribution in [3.8, 4) is 0 Å². The number of hydrogen-bond donors (Lipinski definition) is 2. The number of anilines is 1. The predicted molar refractivity (Wildman–Crippen MR) is 68.5 cm³/mol. The first-order valence-electron chi connectivity index (χ1n) is 5.50. The number of halogens is 3. The van der Waals surface area contributed by atoms with E-state index in [2.05, 4.69) is 10.2 Å². The second-order valence-electron chi connectivity index (χ2n) is 4.15. The highest BCUT2D eigenvalue weighted by Crippen LogP contribution is 2.37. The van der Waals surface area contributed by atoms with Gasteiger partial charge in [0.25, 0.3) is 0 Å². The van der Waals surface area contributed by atoms with Gasteiger partial charge in [0.05, 0.1) is 11.4 Å². The molecule has 2 N–H and O–H groups in total. The average molecular weight is 319 g/mol. The molecule has 21 heavy (non-hydrogen) atoms. The summed E-state index contributed by atoms with van der Waals surface area (Å²) in [5.74, 6) is -3.69. The fraction of sp³-hybridized carbons (Fsp3) is 0.273. The van der Waals surface area contributed by atoms with Crippen LogP contribution >= 0.6 is 11.3 Å². The molecule has 10 heteroatoms. The number of carbonyl (C=O) groups is 2. The molecular formula is C11H8F3N3O3S. The van der Waals surface area contributed by atoms with Crippen LogP contribution in [0.2, 0.25) is 0 Å². The van der Waals surface area contributed by atoms with Gasteiger partial charge < -0.3 is 10.4 Å². The average Bonchev–Trinajstić information content (AvgIpc) is 2.72. The van der Waals surface area contributed by atoms with Gasteiger partial charge in [-0.05, 0) is 19.4 Å². The summed E-state index contributed by atoms with van der Waals surface area (Å²) in [6.45, 7) is 3.14. The molecule has 6 nitrogen and oxygen atoms in total. The van der Waals surface area contributed by atoms with Crippen molar-refractivity contribution < 1.29 is 27.9 Å². The molecule has 0 fully saturated rings. The topological polar surface area (TPSA) is 92.2 Å². The zero-order valence-electron chi connectivity index (χ0n) is 10.7. The molecule has 2 rings (SSSR count). The van der Waals surface area contributed by atoms with Crippen molar-refractivity contribution in [1.82, 2.24) is 10.2 Å². The minimum Gasteiger partial charge on any atom is -0.477 e. The maximum absolute atomic E-state index is 12.4. The van der Waals surface area contributed by atoms with Gasteiger partial charge >= 0.3 is 18.1 Å². The van der Waals surface area contributed by atoms with Crippen molar-refractivity contribution in [3.05, 3.63) is 16.1 Å². The van der Waals surface area contributed by atoms with Gasteiger partial charge in [-0.3, -0.25) is 4.79 Å². The summed E-state index contributed by atoms with van der Waals surface area (Å²) in [6, 6.07) is 0. The fourth-order valence-electron chi connectivity index (χ4n) is 1.67. The first-order valence-corrected chi connectivity index (χ1v) is 6.32. The number of aryl methyl sites for hydroxylation is 2. The van der Waals surface area contributed by atoms with Gasteiger partial charge in [0, 0.05) is 5.39 Å². The Morgan fingerprint density at radius 3 is 2.38 bits per heavy atom. The summed E-state index contributed by atoms with van der Waals surface area (Å²) in [7, 11) is 0. The van der Waals surface area contributed by atoms with Crippen LogP contribution in [0.5, 0.6) is 0 Å². The molecule has 0 aliphatic carbocycles. The molecule has 112 valence electrons. The third-order valence-corrected chi connectivity index (χ3v) is 3.85. The molecule has 2 heterocycles. The van der Waals surface area contributed by atoms with Crippen molar-refractivity contribution >= 4 is 39.1 Å². The molecule has 1 amide bonds. The molecule has 0 radical (unpaired) electrons. The zero-order chi connectivity index (χ0) is 15.9. The molecule has 2 aromatic heterocycles. The van der Waals surface area contributed by atoms with E-state index in [0.29, 0.717) is 22.6 Å². The number of rotatable bonds is 2. The van der Waals surface area contributed by atoms with E-state index in [-0.39, 0.29) is 10.2 Å². The van der Waals surface area contributed by atoms with E-state index >= 15 is 0 Å². The standard InChI is InChI=1S/C11H8F3N3O3S/c1-3-4(2)16-17-8-5(3)6(7(21-8)9(18)19)15-10(20)11(12,13)14/h1-2H3,(H,15,20)(H,18,19). The molecule has 0 aromatic carbocycles. The van der Waals surface area contributed by atoms with Gasteiger partial charge in [-0.2, -0.15) is 18.3 Å². The van der Waals surface area contributed by atoms with Crippen molar-refractivity contribution in [3.63, 3.8) is 0 Å². The molecule has 0 aliphatic heterocycles. The Kier molecular flexibility index (Phi) is 3.58. The Labute approximate surface area is 119 Å². The Morgan fingerprint density at radius 1 is 1.24 bits per heavy atom. The molecule has 2 aromatic rings. The van der Waals surface area contributed by atoms with Crippen LogP contribution in [-0.2, 0) is 4.79 Å². The second-order valence-corrected chi connectivity index (χ2v) is 5.15. The number of thiophene rings is 1. The number of carbonyl (C=O) groups excluding carboxylic acids is 1. The van der Waals surface area contributed by atoms with Gasteiger partial charge in [-0.25, -0.2) is 4.79 Å². The van der Waals surface area contributed by atoms with Crippen LogP contribution in [0.15, 0.2) is 0 Å². The smallest absolute Gasteiger partial charge is 0.471 e. The van der Waals surface area contributed by atoms with E-state index in [4.69, 9.17) is 5.11 Å². The van der Waals surface area contributed by atoms with Crippen molar-refractivity contribution in [2.24, 2.45) is 0 Å². The molecule has 0 aliphatic rings. The lowest BCUT2D eigenvalue weighted by molar-refractivity contribution is -0.167. The van der Waals surface area contributed by atoms with Gasteiger partial charge in [0.15, 0.2) is 0 Å². The van der Waals surface area contributed by atoms with Crippen LogP contribution in [0.25, 0.3) is 10.2 Å².